The van der Waals surface area contributed by atoms with Crippen LogP contribution >= 0.6 is 0 Å². The Balaban J connectivity index is 4.43. The van der Waals surface area contributed by atoms with Gasteiger partial charge in [0.2, 0.25) is 0 Å². The summed E-state index contributed by atoms with van der Waals surface area (Å²) in [5, 5.41) is 17.0. The number of rotatable bonds is 9. The van der Waals surface area contributed by atoms with Crippen LogP contribution in [0.3, 0.4) is 0 Å². The molecule has 0 aliphatic heterocycles. The van der Waals surface area contributed by atoms with Gasteiger partial charge in [-0.2, -0.15) is 0 Å². The molecule has 10 heteroatoms. The number of hydrogen-bond acceptors (Lipinski definition) is 8. The molecule has 25 heavy (non-hydrogen) atoms. The third kappa shape index (κ3) is 8.59. The van der Waals surface area contributed by atoms with Crippen molar-refractivity contribution in [1.29, 1.82) is 0 Å². The van der Waals surface area contributed by atoms with Crippen molar-refractivity contribution in [2.75, 3.05) is 0 Å². The fraction of sp³-hybridized carbons (Fsp3) is 0.200. The molecule has 0 saturated carbocycles. The smallest absolute Gasteiger partial charge is 0.341 e. The number of carbonyl (C=O) groups is 6. The Morgan fingerprint density at radius 3 is 1.28 bits per heavy atom. The molecule has 134 valence electrons. The molecule has 10 nitrogen and oxygen atoms in total. The summed E-state index contributed by atoms with van der Waals surface area (Å²) < 4.78 is 8.49. The summed E-state index contributed by atoms with van der Waals surface area (Å²) in [5.74, 6) is -7.87. The lowest BCUT2D eigenvalue weighted by Gasteiger charge is -2.06. The minimum Gasteiger partial charge on any atom is -0.478 e. The average Bonchev–Trinajstić information content (AvgIpc) is 2.45. The highest BCUT2D eigenvalue weighted by Gasteiger charge is 2.21. The zero-order chi connectivity index (χ0) is 19.7. The molecule has 0 saturated heterocycles. The highest BCUT2D eigenvalue weighted by atomic mass is 16.6. The van der Waals surface area contributed by atoms with E-state index in [-0.39, 0.29) is 0 Å². The van der Waals surface area contributed by atoms with E-state index < -0.39 is 71.8 Å². The number of esters is 4. The van der Waals surface area contributed by atoms with Crippen LogP contribution in [0.2, 0.25) is 0 Å². The summed E-state index contributed by atoms with van der Waals surface area (Å²) in [5.41, 5.74) is -1.54. The van der Waals surface area contributed by atoms with Gasteiger partial charge in [0, 0.05) is 16.7 Å². The molecule has 0 aromatic rings. The Bertz CT molecular complexity index is 682. The fourth-order valence-corrected chi connectivity index (χ4v) is 1.16. The van der Waals surface area contributed by atoms with Crippen LogP contribution in [0.15, 0.2) is 36.5 Å². The molecule has 0 aliphatic carbocycles. The number of carbonyl (C=O) groups excluding carboxylic acids is 4. The minimum absolute atomic E-state index is 0.500. The van der Waals surface area contributed by atoms with Crippen LogP contribution < -0.4 is 0 Å². The lowest BCUT2D eigenvalue weighted by atomic mass is 10.2. The summed E-state index contributed by atoms with van der Waals surface area (Å²) in [6, 6.07) is 0. The lowest BCUT2D eigenvalue weighted by Crippen LogP contribution is -2.20. The largest absolute Gasteiger partial charge is 0.478 e. The topological polar surface area (TPSA) is 161 Å². The first kappa shape index (κ1) is 21.4. The van der Waals surface area contributed by atoms with Crippen molar-refractivity contribution in [3.05, 3.63) is 36.5 Å². The number of hydrogen-bond donors (Lipinski definition) is 2. The monoisotopic (exact) mass is 354 g/mol. The number of ether oxygens (including phenoxy) is 2. The maximum Gasteiger partial charge on any atom is 0.341 e. The van der Waals surface area contributed by atoms with Gasteiger partial charge in [0.05, 0.1) is 19.3 Å². The quantitative estimate of drug-likeness (QED) is 0.331. The van der Waals surface area contributed by atoms with E-state index in [1.165, 1.54) is 0 Å². The van der Waals surface area contributed by atoms with Crippen molar-refractivity contribution in [1.82, 2.24) is 0 Å². The molecule has 0 aliphatic rings. The molecular formula is C15H14O10. The molecule has 0 amide bonds. The molecule has 0 atom stereocenters. The zero-order valence-corrected chi connectivity index (χ0v) is 12.9. The second-order valence-electron chi connectivity index (χ2n) is 4.56. The molecule has 0 bridgehead atoms. The summed E-state index contributed by atoms with van der Waals surface area (Å²) in [7, 11) is 0. The van der Waals surface area contributed by atoms with Crippen LogP contribution in [-0.4, -0.2) is 46.0 Å². The van der Waals surface area contributed by atoms with E-state index in [9.17, 15) is 28.8 Å². The van der Waals surface area contributed by atoms with Crippen LogP contribution in [0.1, 0.15) is 19.3 Å². The molecule has 0 rings (SSSR count). The molecule has 2 N–H and O–H groups in total. The van der Waals surface area contributed by atoms with Crippen LogP contribution in [0.25, 0.3) is 0 Å². The van der Waals surface area contributed by atoms with Crippen molar-refractivity contribution >= 4 is 35.8 Å². The van der Waals surface area contributed by atoms with Gasteiger partial charge in [-0.25, -0.2) is 14.4 Å². The Morgan fingerprint density at radius 1 is 0.600 bits per heavy atom. The predicted molar refractivity (Wildman–Crippen MR) is 78.7 cm³/mol. The molecule has 0 heterocycles. The first-order valence-electron chi connectivity index (χ1n) is 6.42. The van der Waals surface area contributed by atoms with E-state index in [1.54, 1.807) is 0 Å². The maximum atomic E-state index is 11.5. The standard InChI is InChI=1S/C15H14O10/c1-7(13(19)20)4-10(16)24-11(17)6-9(3)15(23)25-12(18)5-8(2)14(21)22/h1-6H2,(H,19,20)(H,21,22). The molecular weight excluding hydrogens is 340 g/mol. The van der Waals surface area contributed by atoms with Gasteiger partial charge < -0.3 is 19.7 Å². The van der Waals surface area contributed by atoms with Crippen molar-refractivity contribution in [2.24, 2.45) is 0 Å². The van der Waals surface area contributed by atoms with Gasteiger partial charge in [-0.1, -0.05) is 19.7 Å². The molecule has 0 fully saturated rings. The summed E-state index contributed by atoms with van der Waals surface area (Å²) >= 11 is 0. The van der Waals surface area contributed by atoms with Crippen LogP contribution in [0, 0.1) is 0 Å². The lowest BCUT2D eigenvalue weighted by molar-refractivity contribution is -0.162. The molecule has 0 spiro atoms. The Kier molecular flexibility index (Phi) is 8.19. The van der Waals surface area contributed by atoms with Crippen molar-refractivity contribution in [2.45, 2.75) is 19.3 Å². The number of aliphatic carboxylic acids is 2. The summed E-state index contributed by atoms with van der Waals surface area (Å²) in [6.45, 7) is 9.31. The fourth-order valence-electron chi connectivity index (χ4n) is 1.16. The van der Waals surface area contributed by atoms with Gasteiger partial charge in [0.1, 0.15) is 0 Å². The third-order valence-electron chi connectivity index (χ3n) is 2.40. The first-order valence-corrected chi connectivity index (χ1v) is 6.42. The van der Waals surface area contributed by atoms with E-state index in [0.717, 1.165) is 0 Å². The second kappa shape index (κ2) is 9.55. The van der Waals surface area contributed by atoms with Crippen LogP contribution in [0.4, 0.5) is 0 Å². The van der Waals surface area contributed by atoms with Crippen molar-refractivity contribution in [3.8, 4) is 0 Å². The van der Waals surface area contributed by atoms with Gasteiger partial charge in [-0.05, 0) is 0 Å². The molecule has 0 unspecified atom stereocenters. The summed E-state index contributed by atoms with van der Waals surface area (Å²) in [6.07, 6.45) is -2.31. The second-order valence-corrected chi connectivity index (χ2v) is 4.56. The predicted octanol–water partition coefficient (Wildman–Crippen LogP) is 0.134. The normalized spacial score (nSPS) is 9.44. The van der Waals surface area contributed by atoms with E-state index in [0.29, 0.717) is 0 Å². The highest BCUT2D eigenvalue weighted by Crippen LogP contribution is 2.08. The minimum atomic E-state index is -1.45. The maximum absolute atomic E-state index is 11.5. The van der Waals surface area contributed by atoms with Gasteiger partial charge in [0.15, 0.2) is 0 Å². The van der Waals surface area contributed by atoms with Gasteiger partial charge in [-0.3, -0.25) is 14.4 Å². The highest BCUT2D eigenvalue weighted by molar-refractivity contribution is 6.02. The number of carboxylic acid groups (broad SMARTS) is 2. The van der Waals surface area contributed by atoms with E-state index >= 15 is 0 Å². The van der Waals surface area contributed by atoms with Gasteiger partial charge in [0.25, 0.3) is 0 Å². The molecule has 0 radical (unpaired) electrons. The molecule has 0 aromatic carbocycles. The van der Waals surface area contributed by atoms with Crippen molar-refractivity contribution < 1.29 is 48.5 Å². The molecule has 0 aromatic heterocycles. The van der Waals surface area contributed by atoms with Crippen molar-refractivity contribution in [3.63, 3.8) is 0 Å². The first-order chi connectivity index (χ1) is 11.4. The summed E-state index contributed by atoms with van der Waals surface area (Å²) in [4.78, 5) is 66.4. The van der Waals surface area contributed by atoms with Gasteiger partial charge in [-0.15, -0.1) is 0 Å². The van der Waals surface area contributed by atoms with Crippen LogP contribution in [0.5, 0.6) is 0 Å². The zero-order valence-electron chi connectivity index (χ0n) is 12.9. The number of carboxylic acids is 2. The van der Waals surface area contributed by atoms with E-state index in [1.807, 2.05) is 0 Å². The Morgan fingerprint density at radius 2 is 0.920 bits per heavy atom. The SMILES string of the molecule is C=C(CC(=O)OC(=O)CC(=C)C(=O)OC(=O)CC(=C)C(=O)O)C(=O)O. The average molecular weight is 354 g/mol. The third-order valence-corrected chi connectivity index (χ3v) is 2.40. The Hall–Kier alpha value is -3.56. The van der Waals surface area contributed by atoms with Gasteiger partial charge >= 0.3 is 35.8 Å². The van der Waals surface area contributed by atoms with Crippen LogP contribution in [-0.2, 0) is 38.2 Å². The van der Waals surface area contributed by atoms with E-state index in [4.69, 9.17) is 10.2 Å². The van der Waals surface area contributed by atoms with E-state index in [2.05, 4.69) is 29.2 Å². The Labute approximate surface area is 141 Å².